The molecule has 3 nitrogen and oxygen atoms in total. The van der Waals surface area contributed by atoms with Crippen LogP contribution in [0.5, 0.6) is 0 Å². The van der Waals surface area contributed by atoms with Crippen LogP contribution in [0.3, 0.4) is 0 Å². The maximum absolute atomic E-state index is 5.66. The lowest BCUT2D eigenvalue weighted by Crippen LogP contribution is -2.41. The molecule has 2 atom stereocenters. The van der Waals surface area contributed by atoms with Gasteiger partial charge in [-0.25, -0.2) is 0 Å². The van der Waals surface area contributed by atoms with Crippen molar-refractivity contribution in [1.29, 1.82) is 0 Å². The molecule has 1 fully saturated rings. The summed E-state index contributed by atoms with van der Waals surface area (Å²) in [4.78, 5) is 2.36. The first kappa shape index (κ1) is 15.3. The Morgan fingerprint density at radius 3 is 2.55 bits per heavy atom. The highest BCUT2D eigenvalue weighted by molar-refractivity contribution is 5.50. The summed E-state index contributed by atoms with van der Waals surface area (Å²) in [6.07, 6.45) is 1.18. The summed E-state index contributed by atoms with van der Waals surface area (Å²) in [5, 5.41) is 3.61. The topological polar surface area (TPSA) is 24.5 Å². The maximum atomic E-state index is 5.66. The highest BCUT2D eigenvalue weighted by Crippen LogP contribution is 2.21. The first-order valence-electron chi connectivity index (χ1n) is 7.70. The monoisotopic (exact) mass is 276 g/mol. The normalized spacial score (nSPS) is 22.2. The molecule has 0 aromatic heterocycles. The Morgan fingerprint density at radius 2 is 1.90 bits per heavy atom. The molecule has 112 valence electrons. The summed E-state index contributed by atoms with van der Waals surface area (Å²) >= 11 is 0. The Morgan fingerprint density at radius 1 is 1.20 bits per heavy atom. The molecule has 1 heterocycles. The molecule has 1 aliphatic heterocycles. The lowest BCUT2D eigenvalue weighted by atomic mass is 10.0. The molecule has 0 bridgehead atoms. The lowest BCUT2D eigenvalue weighted by Gasteiger charge is -2.27. The van der Waals surface area contributed by atoms with Crippen LogP contribution in [0.25, 0.3) is 0 Å². The summed E-state index contributed by atoms with van der Waals surface area (Å²) in [5.41, 5.74) is 3.97. The highest BCUT2D eigenvalue weighted by atomic mass is 16.5. The number of hydrogen-bond donors (Lipinski definition) is 1. The molecule has 0 aliphatic carbocycles. The van der Waals surface area contributed by atoms with E-state index in [1.54, 1.807) is 0 Å². The van der Waals surface area contributed by atoms with E-state index in [4.69, 9.17) is 4.74 Å². The number of aryl methyl sites for hydroxylation is 2. The fourth-order valence-corrected chi connectivity index (χ4v) is 2.96. The van der Waals surface area contributed by atoms with Crippen LogP contribution < -0.4 is 10.2 Å². The molecule has 0 radical (unpaired) electrons. The van der Waals surface area contributed by atoms with Gasteiger partial charge in [0.05, 0.1) is 13.2 Å². The molecule has 1 saturated heterocycles. The third kappa shape index (κ3) is 3.97. The Kier molecular flexibility index (Phi) is 5.44. The first-order valence-corrected chi connectivity index (χ1v) is 7.70. The van der Waals surface area contributed by atoms with Gasteiger partial charge in [-0.3, -0.25) is 0 Å². The van der Waals surface area contributed by atoms with Crippen molar-refractivity contribution in [2.24, 2.45) is 5.92 Å². The minimum absolute atomic E-state index is 0.503. The molecule has 0 spiro atoms. The van der Waals surface area contributed by atoms with Gasteiger partial charge in [0.15, 0.2) is 0 Å². The van der Waals surface area contributed by atoms with E-state index < -0.39 is 0 Å². The number of benzene rings is 1. The molecule has 1 aromatic rings. The molecule has 3 heteroatoms. The van der Waals surface area contributed by atoms with Gasteiger partial charge in [0.1, 0.15) is 0 Å². The predicted octanol–water partition coefficient (Wildman–Crippen LogP) is 2.75. The van der Waals surface area contributed by atoms with Crippen LogP contribution in [0, 0.1) is 19.8 Å². The zero-order chi connectivity index (χ0) is 14.5. The van der Waals surface area contributed by atoms with E-state index in [9.17, 15) is 0 Å². The van der Waals surface area contributed by atoms with Gasteiger partial charge in [0.2, 0.25) is 0 Å². The van der Waals surface area contributed by atoms with Crippen molar-refractivity contribution in [3.8, 4) is 0 Å². The minimum atomic E-state index is 0.503. The minimum Gasteiger partial charge on any atom is -0.379 e. The van der Waals surface area contributed by atoms with Crippen molar-refractivity contribution in [3.05, 3.63) is 29.3 Å². The van der Waals surface area contributed by atoms with Crippen LogP contribution in [-0.2, 0) is 4.74 Å². The zero-order valence-electron chi connectivity index (χ0n) is 13.3. The van der Waals surface area contributed by atoms with Crippen molar-refractivity contribution < 1.29 is 4.74 Å². The number of rotatable bonds is 6. The van der Waals surface area contributed by atoms with Crippen LogP contribution >= 0.6 is 0 Å². The third-order valence-electron chi connectivity index (χ3n) is 4.01. The highest BCUT2D eigenvalue weighted by Gasteiger charge is 2.28. The molecule has 20 heavy (non-hydrogen) atoms. The smallest absolute Gasteiger partial charge is 0.0624 e. The van der Waals surface area contributed by atoms with E-state index in [0.717, 1.165) is 26.3 Å². The summed E-state index contributed by atoms with van der Waals surface area (Å²) in [5.74, 6) is 0.576. The molecule has 1 aromatic carbocycles. The number of nitrogens with zero attached hydrogens (tertiary/aromatic N) is 1. The van der Waals surface area contributed by atoms with Crippen molar-refractivity contribution in [3.63, 3.8) is 0 Å². The summed E-state index contributed by atoms with van der Waals surface area (Å²) < 4.78 is 5.66. The van der Waals surface area contributed by atoms with Crippen molar-refractivity contribution in [1.82, 2.24) is 5.32 Å². The van der Waals surface area contributed by atoms with Crippen molar-refractivity contribution in [2.45, 2.75) is 33.2 Å². The second kappa shape index (κ2) is 7.09. The van der Waals surface area contributed by atoms with E-state index in [0.29, 0.717) is 12.0 Å². The predicted molar refractivity (Wildman–Crippen MR) is 85.6 cm³/mol. The van der Waals surface area contributed by atoms with E-state index in [1.165, 1.54) is 23.2 Å². The molecule has 0 saturated carbocycles. The van der Waals surface area contributed by atoms with E-state index in [1.807, 2.05) is 0 Å². The fraction of sp³-hybridized carbons (Fsp3) is 0.647. The number of nitrogens with one attached hydrogen (secondary N) is 1. The largest absolute Gasteiger partial charge is 0.379 e. The standard InChI is InChI=1S/C17H28N2O/c1-5-6-18-17-12-20-11-15(17)10-19(4)16-8-13(2)7-14(3)9-16/h7-9,15,17-18H,5-6,10-12H2,1-4H3. The van der Waals surface area contributed by atoms with Gasteiger partial charge in [-0.1, -0.05) is 13.0 Å². The molecular formula is C17H28N2O. The lowest BCUT2D eigenvalue weighted by molar-refractivity contribution is 0.183. The SMILES string of the molecule is CCCNC1COCC1CN(C)c1cc(C)cc(C)c1. The Labute approximate surface area is 123 Å². The fourth-order valence-electron chi connectivity index (χ4n) is 2.96. The Hall–Kier alpha value is -1.06. The summed E-state index contributed by atoms with van der Waals surface area (Å²) in [7, 11) is 2.18. The van der Waals surface area contributed by atoms with E-state index >= 15 is 0 Å². The second-order valence-electron chi connectivity index (χ2n) is 6.08. The van der Waals surface area contributed by atoms with Gasteiger partial charge in [-0.15, -0.1) is 0 Å². The van der Waals surface area contributed by atoms with Crippen LogP contribution in [-0.4, -0.2) is 39.4 Å². The van der Waals surface area contributed by atoms with E-state index in [2.05, 4.69) is 56.2 Å². The number of ether oxygens (including phenoxy) is 1. The average molecular weight is 276 g/mol. The van der Waals surface area contributed by atoms with E-state index in [-0.39, 0.29) is 0 Å². The maximum Gasteiger partial charge on any atom is 0.0624 e. The summed E-state index contributed by atoms with van der Waals surface area (Å²) in [6, 6.07) is 7.25. The Bertz CT molecular complexity index is 413. The van der Waals surface area contributed by atoms with Crippen LogP contribution in [0.1, 0.15) is 24.5 Å². The quantitative estimate of drug-likeness (QED) is 0.864. The van der Waals surface area contributed by atoms with Gasteiger partial charge in [0.25, 0.3) is 0 Å². The molecule has 1 aliphatic rings. The van der Waals surface area contributed by atoms with Gasteiger partial charge in [0, 0.05) is 31.2 Å². The summed E-state index contributed by atoms with van der Waals surface area (Å²) in [6.45, 7) is 10.4. The first-order chi connectivity index (χ1) is 9.60. The van der Waals surface area contributed by atoms with Gasteiger partial charge in [-0.05, 0) is 50.1 Å². The van der Waals surface area contributed by atoms with Crippen molar-refractivity contribution in [2.75, 3.05) is 38.3 Å². The van der Waals surface area contributed by atoms with Gasteiger partial charge in [-0.2, -0.15) is 0 Å². The molecule has 2 unspecified atom stereocenters. The van der Waals surface area contributed by atoms with Gasteiger partial charge < -0.3 is 15.0 Å². The second-order valence-corrected chi connectivity index (χ2v) is 6.08. The Balaban J connectivity index is 1.97. The molecule has 0 amide bonds. The van der Waals surface area contributed by atoms with Crippen molar-refractivity contribution >= 4 is 5.69 Å². The van der Waals surface area contributed by atoms with Gasteiger partial charge >= 0.3 is 0 Å². The molecule has 2 rings (SSSR count). The molecule has 1 N–H and O–H groups in total. The van der Waals surface area contributed by atoms with Crippen LogP contribution in [0.2, 0.25) is 0 Å². The zero-order valence-corrected chi connectivity index (χ0v) is 13.3. The van der Waals surface area contributed by atoms with Crippen LogP contribution in [0.15, 0.2) is 18.2 Å². The average Bonchev–Trinajstić information content (AvgIpc) is 2.82. The number of anilines is 1. The van der Waals surface area contributed by atoms with Crippen LogP contribution in [0.4, 0.5) is 5.69 Å². The number of hydrogen-bond acceptors (Lipinski definition) is 3. The third-order valence-corrected chi connectivity index (χ3v) is 4.01. The molecular weight excluding hydrogens is 248 g/mol.